The van der Waals surface area contributed by atoms with Crippen molar-refractivity contribution >= 4 is 17.2 Å². The molecule has 26 heavy (non-hydrogen) atoms. The first-order valence-electron chi connectivity index (χ1n) is 8.87. The number of benzene rings is 1. The van der Waals surface area contributed by atoms with E-state index in [2.05, 4.69) is 46.4 Å². The van der Waals surface area contributed by atoms with Gasteiger partial charge in [0, 0.05) is 13.1 Å². The fourth-order valence-corrected chi connectivity index (χ4v) is 3.53. The predicted octanol–water partition coefficient (Wildman–Crippen LogP) is 3.91. The van der Waals surface area contributed by atoms with Gasteiger partial charge in [0.25, 0.3) is 5.91 Å². The van der Waals surface area contributed by atoms with Gasteiger partial charge in [0.1, 0.15) is 0 Å². The molecule has 1 aromatic carbocycles. The average molecular weight is 369 g/mol. The Morgan fingerprint density at radius 2 is 1.92 bits per heavy atom. The number of aromatic nitrogens is 2. The Morgan fingerprint density at radius 1 is 1.15 bits per heavy atom. The second kappa shape index (κ2) is 8.78. The van der Waals surface area contributed by atoms with Gasteiger partial charge in [-0.15, -0.1) is 11.3 Å². The highest BCUT2D eigenvalue weighted by Crippen LogP contribution is 2.22. The van der Waals surface area contributed by atoms with E-state index in [1.165, 1.54) is 5.56 Å². The van der Waals surface area contributed by atoms with Gasteiger partial charge < -0.3 is 5.32 Å². The number of nitrogens with one attached hydrogen (secondary N) is 2. The van der Waals surface area contributed by atoms with Crippen LogP contribution in [-0.2, 0) is 13.1 Å². The van der Waals surface area contributed by atoms with Crippen LogP contribution in [0.1, 0.15) is 35.5 Å². The normalized spacial score (nSPS) is 11.0. The monoisotopic (exact) mass is 368 g/mol. The summed E-state index contributed by atoms with van der Waals surface area (Å²) in [6.07, 6.45) is 0. The van der Waals surface area contributed by atoms with Crippen LogP contribution < -0.4 is 5.32 Å². The first-order chi connectivity index (χ1) is 12.7. The number of aromatic amines is 1. The van der Waals surface area contributed by atoms with Crippen molar-refractivity contribution in [3.63, 3.8) is 0 Å². The minimum atomic E-state index is -0.165. The molecule has 0 saturated heterocycles. The van der Waals surface area contributed by atoms with Gasteiger partial charge in [0.05, 0.1) is 10.6 Å². The van der Waals surface area contributed by atoms with E-state index < -0.39 is 0 Å². The molecule has 2 aromatic heterocycles. The molecule has 0 aliphatic rings. The van der Waals surface area contributed by atoms with Gasteiger partial charge in [0.15, 0.2) is 5.69 Å². The maximum atomic E-state index is 12.4. The van der Waals surface area contributed by atoms with Gasteiger partial charge in [-0.2, -0.15) is 5.10 Å². The predicted molar refractivity (Wildman–Crippen MR) is 106 cm³/mol. The third kappa shape index (κ3) is 4.39. The van der Waals surface area contributed by atoms with E-state index in [-0.39, 0.29) is 5.91 Å². The zero-order valence-electron chi connectivity index (χ0n) is 15.2. The summed E-state index contributed by atoms with van der Waals surface area (Å²) in [5, 5.41) is 12.1. The lowest BCUT2D eigenvalue weighted by molar-refractivity contribution is 0.0945. The molecule has 6 heteroatoms. The van der Waals surface area contributed by atoms with E-state index in [1.54, 1.807) is 17.4 Å². The number of hydrogen-bond donors (Lipinski definition) is 2. The molecule has 0 aliphatic heterocycles. The molecule has 136 valence electrons. The van der Waals surface area contributed by atoms with E-state index >= 15 is 0 Å². The summed E-state index contributed by atoms with van der Waals surface area (Å²) in [5.74, 6) is -0.165. The lowest BCUT2D eigenvalue weighted by atomic mass is 10.1. The van der Waals surface area contributed by atoms with Crippen molar-refractivity contribution in [3.8, 4) is 10.6 Å². The van der Waals surface area contributed by atoms with E-state index in [4.69, 9.17) is 0 Å². The fraction of sp³-hybridized carbons (Fsp3) is 0.300. The summed E-state index contributed by atoms with van der Waals surface area (Å²) < 4.78 is 0. The standard InChI is InChI=1S/C20H24N4OS/c1-3-24(4-2)14-16-9-6-5-8-15(16)13-21-20(25)18-12-17(22-23-18)19-10-7-11-26-19/h5-12H,3-4,13-14H2,1-2H3,(H,21,25)(H,22,23). The lowest BCUT2D eigenvalue weighted by Crippen LogP contribution is -2.26. The van der Waals surface area contributed by atoms with Crippen molar-refractivity contribution in [1.82, 2.24) is 20.4 Å². The Morgan fingerprint density at radius 3 is 2.62 bits per heavy atom. The van der Waals surface area contributed by atoms with E-state index in [1.807, 2.05) is 29.6 Å². The van der Waals surface area contributed by atoms with Crippen molar-refractivity contribution < 1.29 is 4.79 Å². The minimum absolute atomic E-state index is 0.165. The number of carbonyl (C=O) groups is 1. The smallest absolute Gasteiger partial charge is 0.272 e. The van der Waals surface area contributed by atoms with Gasteiger partial charge in [-0.1, -0.05) is 44.2 Å². The Labute approximate surface area is 158 Å². The summed E-state index contributed by atoms with van der Waals surface area (Å²) in [6, 6.07) is 14.0. The van der Waals surface area contributed by atoms with Crippen molar-refractivity contribution in [2.24, 2.45) is 0 Å². The quantitative estimate of drug-likeness (QED) is 0.634. The zero-order valence-corrected chi connectivity index (χ0v) is 16.0. The Hall–Kier alpha value is -2.44. The molecule has 3 aromatic rings. The van der Waals surface area contributed by atoms with Crippen molar-refractivity contribution in [2.75, 3.05) is 13.1 Å². The molecule has 0 unspecified atom stereocenters. The van der Waals surface area contributed by atoms with Crippen molar-refractivity contribution in [2.45, 2.75) is 26.9 Å². The summed E-state index contributed by atoms with van der Waals surface area (Å²) in [5.41, 5.74) is 3.67. The van der Waals surface area contributed by atoms with Crippen LogP contribution in [0.2, 0.25) is 0 Å². The third-order valence-corrected chi connectivity index (χ3v) is 5.35. The number of rotatable bonds is 8. The minimum Gasteiger partial charge on any atom is -0.347 e. The lowest BCUT2D eigenvalue weighted by Gasteiger charge is -2.20. The molecule has 0 atom stereocenters. The molecule has 0 saturated carbocycles. The Kier molecular flexibility index (Phi) is 6.20. The van der Waals surface area contributed by atoms with Crippen LogP contribution in [-0.4, -0.2) is 34.1 Å². The van der Waals surface area contributed by atoms with Crippen LogP contribution in [0.25, 0.3) is 10.6 Å². The van der Waals surface area contributed by atoms with Gasteiger partial charge in [-0.05, 0) is 41.7 Å². The largest absolute Gasteiger partial charge is 0.347 e. The fourth-order valence-electron chi connectivity index (χ4n) is 2.83. The van der Waals surface area contributed by atoms with E-state index in [0.717, 1.165) is 35.8 Å². The summed E-state index contributed by atoms with van der Waals surface area (Å²) in [4.78, 5) is 15.9. The number of carbonyl (C=O) groups excluding carboxylic acids is 1. The van der Waals surface area contributed by atoms with Gasteiger partial charge in [0.2, 0.25) is 0 Å². The summed E-state index contributed by atoms with van der Waals surface area (Å²) in [7, 11) is 0. The highest BCUT2D eigenvalue weighted by atomic mass is 32.1. The van der Waals surface area contributed by atoms with E-state index in [9.17, 15) is 4.79 Å². The van der Waals surface area contributed by atoms with E-state index in [0.29, 0.717) is 12.2 Å². The van der Waals surface area contributed by atoms with Crippen LogP contribution in [0.4, 0.5) is 0 Å². The maximum Gasteiger partial charge on any atom is 0.272 e. The molecule has 3 rings (SSSR count). The molecule has 0 radical (unpaired) electrons. The topological polar surface area (TPSA) is 61.0 Å². The van der Waals surface area contributed by atoms with Crippen LogP contribution in [0.3, 0.4) is 0 Å². The third-order valence-electron chi connectivity index (χ3n) is 4.44. The highest BCUT2D eigenvalue weighted by Gasteiger charge is 2.13. The zero-order chi connectivity index (χ0) is 18.4. The molecular weight excluding hydrogens is 344 g/mol. The number of amides is 1. The Balaban J connectivity index is 1.65. The highest BCUT2D eigenvalue weighted by molar-refractivity contribution is 7.13. The van der Waals surface area contributed by atoms with Crippen LogP contribution in [0.5, 0.6) is 0 Å². The molecular formula is C20H24N4OS. The molecule has 2 N–H and O–H groups in total. The number of H-pyrrole nitrogens is 1. The molecule has 0 fully saturated rings. The first kappa shape index (κ1) is 18.4. The number of thiophene rings is 1. The molecule has 0 bridgehead atoms. The summed E-state index contributed by atoms with van der Waals surface area (Å²) in [6.45, 7) is 7.74. The first-order valence-corrected chi connectivity index (χ1v) is 9.75. The molecule has 5 nitrogen and oxygen atoms in total. The number of nitrogens with zero attached hydrogens (tertiary/aromatic N) is 2. The molecule has 0 aliphatic carbocycles. The summed E-state index contributed by atoms with van der Waals surface area (Å²) >= 11 is 1.62. The molecule has 1 amide bonds. The second-order valence-electron chi connectivity index (χ2n) is 6.06. The average Bonchev–Trinajstić information content (AvgIpc) is 3.36. The molecule has 2 heterocycles. The maximum absolute atomic E-state index is 12.4. The van der Waals surface area contributed by atoms with Crippen molar-refractivity contribution in [1.29, 1.82) is 0 Å². The Bertz CT molecular complexity index is 837. The van der Waals surface area contributed by atoms with Gasteiger partial charge >= 0.3 is 0 Å². The molecule has 0 spiro atoms. The van der Waals surface area contributed by atoms with Gasteiger partial charge in [-0.25, -0.2) is 0 Å². The van der Waals surface area contributed by atoms with Crippen LogP contribution >= 0.6 is 11.3 Å². The van der Waals surface area contributed by atoms with Crippen LogP contribution in [0.15, 0.2) is 47.8 Å². The SMILES string of the molecule is CCN(CC)Cc1ccccc1CNC(=O)c1cc(-c2cccs2)[nH]n1. The second-order valence-corrected chi connectivity index (χ2v) is 7.00. The van der Waals surface area contributed by atoms with Crippen molar-refractivity contribution in [3.05, 3.63) is 64.7 Å². The van der Waals surface area contributed by atoms with Gasteiger partial charge in [-0.3, -0.25) is 14.8 Å². The van der Waals surface area contributed by atoms with Crippen LogP contribution in [0, 0.1) is 0 Å². The number of hydrogen-bond acceptors (Lipinski definition) is 4.